The Morgan fingerprint density at radius 3 is 2.57 bits per heavy atom. The van der Waals surface area contributed by atoms with Crippen LogP contribution in [0.15, 0.2) is 36.5 Å². The molecule has 1 aliphatic heterocycles. The van der Waals surface area contributed by atoms with Crippen molar-refractivity contribution in [2.45, 2.75) is 31.8 Å². The van der Waals surface area contributed by atoms with Crippen molar-refractivity contribution >= 4 is 5.78 Å². The van der Waals surface area contributed by atoms with E-state index in [-0.39, 0.29) is 17.3 Å². The van der Waals surface area contributed by atoms with Gasteiger partial charge in [0.05, 0.1) is 18.3 Å². The van der Waals surface area contributed by atoms with Gasteiger partial charge in [0, 0.05) is 19.5 Å². The molecule has 1 aromatic heterocycles. The summed E-state index contributed by atoms with van der Waals surface area (Å²) in [5.74, 6) is 0.470. The minimum absolute atomic E-state index is 0.0444. The fraction of sp³-hybridized carbons (Fsp3) is 0.455. The summed E-state index contributed by atoms with van der Waals surface area (Å²) in [5.41, 5.74) is 1.47. The summed E-state index contributed by atoms with van der Waals surface area (Å²) >= 11 is 0. The fourth-order valence-corrected chi connectivity index (χ4v) is 4.88. The molecule has 0 spiro atoms. The lowest BCUT2D eigenvalue weighted by atomic mass is 9.89. The molecule has 5 nitrogen and oxygen atoms in total. The predicted octanol–water partition coefficient (Wildman–Crippen LogP) is 2.73. The zero-order valence-electron chi connectivity index (χ0n) is 15.9. The van der Waals surface area contributed by atoms with Crippen LogP contribution in [0.1, 0.15) is 34.5 Å². The van der Waals surface area contributed by atoms with Gasteiger partial charge >= 0.3 is 0 Å². The van der Waals surface area contributed by atoms with Gasteiger partial charge in [0.15, 0.2) is 5.78 Å². The molecule has 1 saturated carbocycles. The number of hydrogen-bond donors (Lipinski definition) is 2. The molecule has 1 aliphatic carbocycles. The van der Waals surface area contributed by atoms with E-state index in [1.165, 1.54) is 24.4 Å². The van der Waals surface area contributed by atoms with E-state index in [1.807, 2.05) is 6.92 Å². The number of likely N-dealkylation sites (tertiary alicyclic amines) is 1. The van der Waals surface area contributed by atoms with Gasteiger partial charge in [-0.05, 0) is 67.0 Å². The lowest BCUT2D eigenvalue weighted by Crippen LogP contribution is -2.34. The molecule has 0 unspecified atom stereocenters. The summed E-state index contributed by atoms with van der Waals surface area (Å²) in [4.78, 5) is 18.5. The number of halogens is 1. The fourth-order valence-electron chi connectivity index (χ4n) is 4.88. The molecule has 0 amide bonds. The van der Waals surface area contributed by atoms with Crippen molar-refractivity contribution in [2.75, 3.05) is 19.6 Å². The van der Waals surface area contributed by atoms with Crippen LogP contribution in [0.25, 0.3) is 0 Å². The summed E-state index contributed by atoms with van der Waals surface area (Å²) in [6, 6.07) is 7.74. The maximum Gasteiger partial charge on any atom is 0.195 e. The Bertz CT molecular complexity index is 870. The van der Waals surface area contributed by atoms with Gasteiger partial charge in [-0.15, -0.1) is 0 Å². The van der Waals surface area contributed by atoms with Gasteiger partial charge < -0.3 is 10.2 Å². The third kappa shape index (κ3) is 3.93. The highest BCUT2D eigenvalue weighted by Gasteiger charge is 2.48. The second-order valence-corrected chi connectivity index (χ2v) is 8.42. The van der Waals surface area contributed by atoms with E-state index in [2.05, 4.69) is 9.88 Å². The molecule has 2 aliphatic rings. The van der Waals surface area contributed by atoms with Gasteiger partial charge in [0.25, 0.3) is 0 Å². The highest BCUT2D eigenvalue weighted by atomic mass is 19.1. The molecule has 2 N–H and O–H groups in total. The second-order valence-electron chi connectivity index (χ2n) is 8.42. The molecule has 2 fully saturated rings. The van der Waals surface area contributed by atoms with E-state index in [0.29, 0.717) is 43.3 Å². The van der Waals surface area contributed by atoms with Gasteiger partial charge in [0.1, 0.15) is 17.3 Å². The summed E-state index contributed by atoms with van der Waals surface area (Å²) in [5, 5.41) is 20.4. The Kier molecular flexibility index (Phi) is 4.93. The smallest absolute Gasteiger partial charge is 0.195 e. The van der Waals surface area contributed by atoms with Crippen molar-refractivity contribution in [3.05, 3.63) is 59.2 Å². The third-order valence-electron chi connectivity index (χ3n) is 6.16. The number of carbonyl (C=O) groups excluding carboxylic acids is 1. The number of aromatic hydroxyl groups is 1. The van der Waals surface area contributed by atoms with E-state index >= 15 is 0 Å². The first-order chi connectivity index (χ1) is 13.3. The number of ketones is 1. The molecule has 2 aromatic rings. The van der Waals surface area contributed by atoms with Gasteiger partial charge in [-0.1, -0.05) is 6.07 Å². The first-order valence-electron chi connectivity index (χ1n) is 9.69. The van der Waals surface area contributed by atoms with E-state index < -0.39 is 5.60 Å². The zero-order chi connectivity index (χ0) is 19.9. The molecular weight excluding hydrogens is 359 g/mol. The van der Waals surface area contributed by atoms with Crippen molar-refractivity contribution in [1.82, 2.24) is 9.88 Å². The first kappa shape index (κ1) is 19.0. The molecular formula is C22H25FN2O3. The van der Waals surface area contributed by atoms with Gasteiger partial charge in [-0.3, -0.25) is 9.69 Å². The summed E-state index contributed by atoms with van der Waals surface area (Å²) < 4.78 is 13.3. The van der Waals surface area contributed by atoms with Gasteiger partial charge in [-0.25, -0.2) is 9.37 Å². The average Bonchev–Trinajstić information content (AvgIpc) is 3.12. The number of pyridine rings is 1. The zero-order valence-corrected chi connectivity index (χ0v) is 15.9. The minimum Gasteiger partial charge on any atom is -0.506 e. The van der Waals surface area contributed by atoms with Crippen LogP contribution in [0.2, 0.25) is 0 Å². The normalized spacial score (nSPS) is 27.1. The number of rotatable bonds is 5. The van der Waals surface area contributed by atoms with Crippen LogP contribution in [0.5, 0.6) is 5.75 Å². The Hall–Kier alpha value is -2.31. The molecule has 1 saturated heterocycles. The van der Waals surface area contributed by atoms with Crippen molar-refractivity contribution in [3.63, 3.8) is 0 Å². The molecule has 4 rings (SSSR count). The molecule has 0 bridgehead atoms. The summed E-state index contributed by atoms with van der Waals surface area (Å²) in [6.07, 6.45) is 3.24. The largest absolute Gasteiger partial charge is 0.506 e. The number of Topliss-reactive ketones (excluding diaryl/α,β-unsaturated/α-hetero) is 1. The number of hydrogen-bond acceptors (Lipinski definition) is 5. The van der Waals surface area contributed by atoms with Crippen LogP contribution < -0.4 is 0 Å². The number of nitrogens with zero attached hydrogens (tertiary/aromatic N) is 2. The number of carbonyl (C=O) groups is 1. The van der Waals surface area contributed by atoms with Crippen LogP contribution >= 0.6 is 0 Å². The van der Waals surface area contributed by atoms with Crippen LogP contribution in [-0.2, 0) is 6.42 Å². The molecule has 2 heterocycles. The first-order valence-corrected chi connectivity index (χ1v) is 9.69. The Morgan fingerprint density at radius 1 is 1.25 bits per heavy atom. The monoisotopic (exact) mass is 384 g/mol. The maximum atomic E-state index is 13.3. The molecule has 1 aromatic carbocycles. The number of fused-ring (bicyclic) bond motifs is 1. The molecule has 3 atom stereocenters. The Labute approximate surface area is 163 Å². The van der Waals surface area contributed by atoms with E-state index in [0.717, 1.165) is 24.2 Å². The third-order valence-corrected chi connectivity index (χ3v) is 6.16. The topological polar surface area (TPSA) is 73.7 Å². The van der Waals surface area contributed by atoms with Crippen LogP contribution in [0.4, 0.5) is 4.39 Å². The SMILES string of the molecule is Cc1cc(F)ccc1C[C@]1(O)C[C@H]2CN(CC(=O)c3ccc(O)cn3)C[C@H]2C1. The lowest BCUT2D eigenvalue weighted by Gasteiger charge is -2.26. The predicted molar refractivity (Wildman–Crippen MR) is 103 cm³/mol. The Balaban J connectivity index is 1.35. The lowest BCUT2D eigenvalue weighted by molar-refractivity contribution is 0.0354. The van der Waals surface area contributed by atoms with Crippen molar-refractivity contribution in [3.8, 4) is 5.75 Å². The Morgan fingerprint density at radius 2 is 1.96 bits per heavy atom. The molecule has 0 radical (unpaired) electrons. The average molecular weight is 384 g/mol. The summed E-state index contributed by atoms with van der Waals surface area (Å²) in [7, 11) is 0. The molecule has 6 heteroatoms. The number of aliphatic hydroxyl groups is 1. The quantitative estimate of drug-likeness (QED) is 0.776. The molecule has 28 heavy (non-hydrogen) atoms. The van der Waals surface area contributed by atoms with E-state index in [1.54, 1.807) is 12.1 Å². The second kappa shape index (κ2) is 7.26. The number of aromatic nitrogens is 1. The van der Waals surface area contributed by atoms with Crippen LogP contribution in [0.3, 0.4) is 0 Å². The highest BCUT2D eigenvalue weighted by Crippen LogP contribution is 2.45. The van der Waals surface area contributed by atoms with E-state index in [9.17, 15) is 19.4 Å². The number of aryl methyl sites for hydroxylation is 1. The number of benzene rings is 1. The van der Waals surface area contributed by atoms with Crippen molar-refractivity contribution in [2.24, 2.45) is 11.8 Å². The van der Waals surface area contributed by atoms with Crippen LogP contribution in [0, 0.1) is 24.6 Å². The van der Waals surface area contributed by atoms with Crippen LogP contribution in [-0.4, -0.2) is 51.1 Å². The summed E-state index contributed by atoms with van der Waals surface area (Å²) in [6.45, 7) is 3.76. The van der Waals surface area contributed by atoms with Crippen molar-refractivity contribution in [1.29, 1.82) is 0 Å². The van der Waals surface area contributed by atoms with Gasteiger partial charge in [-0.2, -0.15) is 0 Å². The van der Waals surface area contributed by atoms with E-state index in [4.69, 9.17) is 0 Å². The minimum atomic E-state index is -0.757. The maximum absolute atomic E-state index is 13.3. The standard InChI is InChI=1S/C22H25FN2O3/c1-14-6-18(23)3-2-15(14)7-22(28)8-16-11-25(12-17(16)9-22)13-21(27)20-5-4-19(26)10-24-20/h2-6,10,16-17,26,28H,7-9,11-13H2,1H3/t16-,17+,22-. The molecule has 148 valence electrons. The van der Waals surface area contributed by atoms with Gasteiger partial charge in [0.2, 0.25) is 0 Å². The van der Waals surface area contributed by atoms with Crippen molar-refractivity contribution < 1.29 is 19.4 Å². The highest BCUT2D eigenvalue weighted by molar-refractivity contribution is 5.95.